The molecule has 3 aromatic rings. The molecule has 1 amide bonds. The van der Waals surface area contributed by atoms with Gasteiger partial charge in [0.25, 0.3) is 0 Å². The predicted molar refractivity (Wildman–Crippen MR) is 151 cm³/mol. The topological polar surface area (TPSA) is 105 Å². The van der Waals surface area contributed by atoms with Crippen molar-refractivity contribution in [2.45, 2.75) is 63.6 Å². The fourth-order valence-corrected chi connectivity index (χ4v) is 6.25. The summed E-state index contributed by atoms with van der Waals surface area (Å²) in [5, 5.41) is 10.0. The van der Waals surface area contributed by atoms with E-state index < -0.39 is 11.7 Å². The van der Waals surface area contributed by atoms with Crippen LogP contribution in [0.3, 0.4) is 0 Å². The Morgan fingerprint density at radius 3 is 2.48 bits per heavy atom. The second-order valence-electron chi connectivity index (χ2n) is 11.3. The number of oxazole rings is 1. The number of fused-ring (bicyclic) bond motifs is 1. The molecule has 1 aliphatic heterocycles. The standard InChI is InChI=1S/C31H39N3O6/c1-32(27(23-6-4-3-5-7-23)20-33-15-14-25(35)19-33)29(36)17-22-10-13-28-26(16-22)34(31(38)40-28)18-21-8-11-24(12-9-21)30(37)39-2/h8-13,16,23,25,27,35H,3-7,14-15,17-20H2,1-2H3/t25-,27+/m0/s1. The van der Waals surface area contributed by atoms with Gasteiger partial charge in [0.15, 0.2) is 5.58 Å². The van der Waals surface area contributed by atoms with Gasteiger partial charge in [0, 0.05) is 32.7 Å². The van der Waals surface area contributed by atoms with Gasteiger partial charge in [-0.05, 0) is 60.6 Å². The fourth-order valence-electron chi connectivity index (χ4n) is 6.25. The number of likely N-dealkylation sites (tertiary alicyclic amines) is 1. The lowest BCUT2D eigenvalue weighted by Gasteiger charge is -2.39. The van der Waals surface area contributed by atoms with Gasteiger partial charge in [0.2, 0.25) is 5.91 Å². The van der Waals surface area contributed by atoms with E-state index in [1.807, 2.05) is 24.1 Å². The number of aliphatic hydroxyl groups excluding tert-OH is 1. The summed E-state index contributed by atoms with van der Waals surface area (Å²) in [4.78, 5) is 42.2. The van der Waals surface area contributed by atoms with E-state index in [2.05, 4.69) is 4.90 Å². The normalized spacial score (nSPS) is 19.1. The molecule has 1 saturated carbocycles. The first kappa shape index (κ1) is 28.1. The van der Waals surface area contributed by atoms with Gasteiger partial charge in [-0.15, -0.1) is 0 Å². The Kier molecular flexibility index (Phi) is 8.71. The third-order valence-corrected chi connectivity index (χ3v) is 8.58. The number of hydrogen-bond acceptors (Lipinski definition) is 7. The Hall–Kier alpha value is -3.43. The number of carbonyl (C=O) groups excluding carboxylic acids is 2. The molecule has 2 aromatic carbocycles. The Labute approximate surface area is 234 Å². The monoisotopic (exact) mass is 549 g/mol. The molecule has 0 bridgehead atoms. The van der Waals surface area contributed by atoms with Crippen LogP contribution in [0.5, 0.6) is 0 Å². The highest BCUT2D eigenvalue weighted by Gasteiger charge is 2.33. The highest BCUT2D eigenvalue weighted by atomic mass is 16.5. The molecule has 2 fully saturated rings. The van der Waals surface area contributed by atoms with Crippen LogP contribution in [0.15, 0.2) is 51.7 Å². The molecule has 2 heterocycles. The molecule has 2 atom stereocenters. The van der Waals surface area contributed by atoms with Gasteiger partial charge in [-0.3, -0.25) is 14.3 Å². The minimum Gasteiger partial charge on any atom is -0.465 e. The maximum absolute atomic E-state index is 13.6. The number of aliphatic hydroxyl groups is 1. The summed E-state index contributed by atoms with van der Waals surface area (Å²) in [5.74, 6) is -0.378. The fraction of sp³-hybridized carbons (Fsp3) is 0.516. The van der Waals surface area contributed by atoms with E-state index in [4.69, 9.17) is 9.15 Å². The van der Waals surface area contributed by atoms with Crippen LogP contribution in [0.2, 0.25) is 0 Å². The zero-order chi connectivity index (χ0) is 28.2. The lowest BCUT2D eigenvalue weighted by molar-refractivity contribution is -0.133. The van der Waals surface area contributed by atoms with Crippen molar-refractivity contribution in [2.75, 3.05) is 33.8 Å². The van der Waals surface area contributed by atoms with Gasteiger partial charge < -0.3 is 19.2 Å². The molecular weight excluding hydrogens is 510 g/mol. The number of amides is 1. The highest BCUT2D eigenvalue weighted by molar-refractivity contribution is 5.89. The van der Waals surface area contributed by atoms with E-state index in [1.54, 1.807) is 34.9 Å². The highest BCUT2D eigenvalue weighted by Crippen LogP contribution is 2.30. The second kappa shape index (κ2) is 12.4. The third kappa shape index (κ3) is 6.31. The molecule has 0 spiro atoms. The van der Waals surface area contributed by atoms with Crippen molar-refractivity contribution in [3.63, 3.8) is 0 Å². The molecule has 1 saturated heterocycles. The minimum atomic E-state index is -0.474. The number of nitrogens with zero attached hydrogens (tertiary/aromatic N) is 3. The van der Waals surface area contributed by atoms with Crippen molar-refractivity contribution < 1.29 is 23.8 Å². The van der Waals surface area contributed by atoms with Gasteiger partial charge in [0.1, 0.15) is 0 Å². The van der Waals surface area contributed by atoms with Crippen molar-refractivity contribution in [3.8, 4) is 0 Å². The minimum absolute atomic E-state index is 0.0467. The molecule has 0 unspecified atom stereocenters. The van der Waals surface area contributed by atoms with Crippen molar-refractivity contribution in [3.05, 3.63) is 69.7 Å². The summed E-state index contributed by atoms with van der Waals surface area (Å²) in [6.07, 6.45) is 6.66. The summed E-state index contributed by atoms with van der Waals surface area (Å²) in [5.41, 5.74) is 3.19. The quantitative estimate of drug-likeness (QED) is 0.408. The van der Waals surface area contributed by atoms with Crippen molar-refractivity contribution in [1.82, 2.24) is 14.4 Å². The molecule has 9 nitrogen and oxygen atoms in total. The summed E-state index contributed by atoms with van der Waals surface area (Å²) in [6.45, 7) is 2.60. The molecular formula is C31H39N3O6. The molecule has 5 rings (SSSR count). The second-order valence-corrected chi connectivity index (χ2v) is 11.3. The van der Waals surface area contributed by atoms with Crippen molar-refractivity contribution in [1.29, 1.82) is 0 Å². The van der Waals surface area contributed by atoms with Gasteiger partial charge in [-0.1, -0.05) is 37.5 Å². The number of aromatic nitrogens is 1. The lowest BCUT2D eigenvalue weighted by Crippen LogP contribution is -2.49. The largest absolute Gasteiger partial charge is 0.465 e. The van der Waals surface area contributed by atoms with E-state index in [0.717, 1.165) is 43.5 Å². The summed E-state index contributed by atoms with van der Waals surface area (Å²) < 4.78 is 11.8. The molecule has 0 radical (unpaired) electrons. The number of benzene rings is 2. The zero-order valence-corrected chi connectivity index (χ0v) is 23.4. The van der Waals surface area contributed by atoms with Gasteiger partial charge >= 0.3 is 11.7 Å². The first-order chi connectivity index (χ1) is 19.3. The van der Waals surface area contributed by atoms with E-state index in [9.17, 15) is 19.5 Å². The van der Waals surface area contributed by atoms with Crippen LogP contribution < -0.4 is 5.76 Å². The predicted octanol–water partition coefficient (Wildman–Crippen LogP) is 3.45. The Bertz CT molecular complexity index is 1390. The SMILES string of the molecule is COC(=O)c1ccc(Cn2c(=O)oc3ccc(CC(=O)N(C)[C@H](CN4CC[C@H](O)C4)C4CCCCC4)cc32)cc1. The van der Waals surface area contributed by atoms with Crippen LogP contribution in [-0.2, 0) is 22.5 Å². The van der Waals surface area contributed by atoms with Crippen LogP contribution in [-0.4, -0.2) is 77.3 Å². The smallest absolute Gasteiger partial charge is 0.420 e. The van der Waals surface area contributed by atoms with E-state index in [-0.39, 0.29) is 31.0 Å². The van der Waals surface area contributed by atoms with E-state index in [1.165, 1.54) is 26.4 Å². The average molecular weight is 550 g/mol. The molecule has 214 valence electrons. The number of carbonyl (C=O) groups is 2. The zero-order valence-electron chi connectivity index (χ0n) is 23.4. The Balaban J connectivity index is 1.32. The van der Waals surface area contributed by atoms with Crippen LogP contribution in [0.25, 0.3) is 11.1 Å². The first-order valence-corrected chi connectivity index (χ1v) is 14.3. The number of hydrogen-bond donors (Lipinski definition) is 1. The van der Waals surface area contributed by atoms with Gasteiger partial charge in [-0.2, -0.15) is 0 Å². The molecule has 2 aliphatic rings. The molecule has 40 heavy (non-hydrogen) atoms. The van der Waals surface area contributed by atoms with Crippen LogP contribution in [0.4, 0.5) is 0 Å². The lowest BCUT2D eigenvalue weighted by atomic mass is 9.83. The van der Waals surface area contributed by atoms with E-state index in [0.29, 0.717) is 29.1 Å². The number of esters is 1. The number of rotatable bonds is 9. The maximum Gasteiger partial charge on any atom is 0.420 e. The number of methoxy groups -OCH3 is 1. The van der Waals surface area contributed by atoms with Gasteiger partial charge in [0.05, 0.1) is 37.3 Å². The maximum atomic E-state index is 13.6. The molecule has 1 aliphatic carbocycles. The average Bonchev–Trinajstić information content (AvgIpc) is 3.53. The number of β-amino-alcohol motifs (C(OH)–C–C–N with tert-alkyl or cyclic N) is 1. The summed E-state index contributed by atoms with van der Waals surface area (Å²) in [7, 11) is 3.25. The molecule has 1 aromatic heterocycles. The summed E-state index contributed by atoms with van der Waals surface area (Å²) in [6, 6.07) is 12.5. The van der Waals surface area contributed by atoms with Crippen molar-refractivity contribution in [2.24, 2.45) is 5.92 Å². The van der Waals surface area contributed by atoms with Crippen molar-refractivity contribution >= 4 is 23.0 Å². The first-order valence-electron chi connectivity index (χ1n) is 14.3. The van der Waals surface area contributed by atoms with E-state index >= 15 is 0 Å². The van der Waals surface area contributed by atoms with Gasteiger partial charge in [-0.25, -0.2) is 9.59 Å². The van der Waals surface area contributed by atoms with Crippen LogP contribution in [0, 0.1) is 5.92 Å². The third-order valence-electron chi connectivity index (χ3n) is 8.58. The number of ether oxygens (including phenoxy) is 1. The number of likely N-dealkylation sites (N-methyl/N-ethyl adjacent to an activating group) is 1. The van der Waals surface area contributed by atoms with Crippen LogP contribution >= 0.6 is 0 Å². The Morgan fingerprint density at radius 1 is 1.07 bits per heavy atom. The van der Waals surface area contributed by atoms with Crippen LogP contribution in [0.1, 0.15) is 60.0 Å². The molecule has 9 heteroatoms. The summed E-state index contributed by atoms with van der Waals surface area (Å²) >= 11 is 0. The molecule has 1 N–H and O–H groups in total. The Morgan fingerprint density at radius 2 is 1.80 bits per heavy atom.